The van der Waals surface area contributed by atoms with Gasteiger partial charge in [0.2, 0.25) is 0 Å². The zero-order valence-corrected chi connectivity index (χ0v) is 19.0. The van der Waals surface area contributed by atoms with Crippen LogP contribution in [0.3, 0.4) is 0 Å². The van der Waals surface area contributed by atoms with E-state index >= 15 is 0 Å². The molecule has 2 nitrogen and oxygen atoms in total. The third kappa shape index (κ3) is 5.70. The van der Waals surface area contributed by atoms with E-state index in [1.54, 1.807) is 0 Å². The zero-order valence-electron chi connectivity index (χ0n) is 16.7. The number of rotatable bonds is 5. The second-order valence-corrected chi connectivity index (χ2v) is 8.80. The van der Waals surface area contributed by atoms with Crippen LogP contribution in [0.1, 0.15) is 56.1 Å². The molecule has 0 unspecified atom stereocenters. The van der Waals surface area contributed by atoms with Crippen LogP contribution in [0.25, 0.3) is 10.9 Å². The zero-order chi connectivity index (χ0) is 19.3. The second-order valence-electron chi connectivity index (χ2n) is 7.96. The summed E-state index contributed by atoms with van der Waals surface area (Å²) in [6.45, 7) is 1.67. The van der Waals surface area contributed by atoms with Gasteiger partial charge in [-0.05, 0) is 42.2 Å². The Morgan fingerprint density at radius 3 is 2.38 bits per heavy atom. The van der Waals surface area contributed by atoms with Gasteiger partial charge < -0.3 is 9.88 Å². The summed E-state index contributed by atoms with van der Waals surface area (Å²) < 4.78 is 2.31. The Bertz CT molecular complexity index is 927. The third-order valence-electron chi connectivity index (χ3n) is 5.91. The van der Waals surface area contributed by atoms with Gasteiger partial charge in [-0.2, -0.15) is 0 Å². The van der Waals surface area contributed by atoms with Crippen molar-refractivity contribution in [2.24, 2.45) is 0 Å². The molecule has 0 amide bonds. The molecule has 1 N–H and O–H groups in total. The lowest BCUT2D eigenvalue weighted by Gasteiger charge is -2.21. The maximum absolute atomic E-state index is 6.42. The molecule has 3 aromatic rings. The Balaban J connectivity index is 0.00000240. The van der Waals surface area contributed by atoms with Crippen LogP contribution in [-0.4, -0.2) is 10.6 Å². The van der Waals surface area contributed by atoms with Crippen molar-refractivity contribution in [2.75, 3.05) is 0 Å². The van der Waals surface area contributed by atoms with Gasteiger partial charge in [-0.1, -0.05) is 79.6 Å². The molecule has 1 aliphatic carbocycles. The average Bonchev–Trinajstić information content (AvgIpc) is 3.01. The predicted octanol–water partition coefficient (Wildman–Crippen LogP) is 7.62. The van der Waals surface area contributed by atoms with Crippen LogP contribution in [0, 0.1) is 0 Å². The van der Waals surface area contributed by atoms with Crippen LogP contribution in [0.5, 0.6) is 0 Å². The van der Waals surface area contributed by atoms with Gasteiger partial charge in [0, 0.05) is 46.3 Å². The Morgan fingerprint density at radius 1 is 0.897 bits per heavy atom. The van der Waals surface area contributed by atoms with Crippen LogP contribution < -0.4 is 5.32 Å². The van der Waals surface area contributed by atoms with Crippen molar-refractivity contribution in [3.8, 4) is 0 Å². The first-order valence-electron chi connectivity index (χ1n) is 10.4. The highest BCUT2D eigenvalue weighted by atomic mass is 35.5. The summed E-state index contributed by atoms with van der Waals surface area (Å²) in [6.07, 6.45) is 11.8. The summed E-state index contributed by atoms with van der Waals surface area (Å²) in [5.41, 5.74) is 3.71. The van der Waals surface area contributed by atoms with Crippen molar-refractivity contribution in [1.29, 1.82) is 0 Å². The lowest BCUT2D eigenvalue weighted by atomic mass is 9.96. The number of hydrogen-bond acceptors (Lipinski definition) is 1. The van der Waals surface area contributed by atoms with Crippen molar-refractivity contribution < 1.29 is 0 Å². The largest absolute Gasteiger partial charge is 0.343 e. The van der Waals surface area contributed by atoms with Crippen molar-refractivity contribution in [2.45, 2.75) is 64.1 Å². The SMILES string of the molecule is Cl.Clc1ccc(Cn2cc(CNC3CCCCCCC3)c3ccccc32)c(Cl)c1. The fourth-order valence-corrected chi connectivity index (χ4v) is 4.81. The molecule has 1 heterocycles. The maximum atomic E-state index is 6.42. The van der Waals surface area contributed by atoms with E-state index < -0.39 is 0 Å². The molecular weight excluding hydrogens is 423 g/mol. The minimum Gasteiger partial charge on any atom is -0.343 e. The molecule has 1 saturated carbocycles. The van der Waals surface area contributed by atoms with Crippen LogP contribution in [0.15, 0.2) is 48.7 Å². The monoisotopic (exact) mass is 450 g/mol. The van der Waals surface area contributed by atoms with Gasteiger partial charge in [-0.3, -0.25) is 0 Å². The van der Waals surface area contributed by atoms with Gasteiger partial charge in [0.05, 0.1) is 0 Å². The van der Waals surface area contributed by atoms with E-state index in [9.17, 15) is 0 Å². The van der Waals surface area contributed by atoms with Crippen molar-refractivity contribution >= 4 is 46.5 Å². The fraction of sp³-hybridized carbons (Fsp3) is 0.417. The first-order chi connectivity index (χ1) is 13.7. The number of para-hydroxylation sites is 1. The van der Waals surface area contributed by atoms with E-state index in [2.05, 4.69) is 40.3 Å². The number of hydrogen-bond donors (Lipinski definition) is 1. The first-order valence-corrected chi connectivity index (χ1v) is 11.2. The molecule has 0 spiro atoms. The molecule has 2 aromatic carbocycles. The van der Waals surface area contributed by atoms with E-state index in [-0.39, 0.29) is 12.4 Å². The number of benzene rings is 2. The van der Waals surface area contributed by atoms with E-state index in [0.717, 1.165) is 23.7 Å². The van der Waals surface area contributed by atoms with Gasteiger partial charge in [0.1, 0.15) is 0 Å². The predicted molar refractivity (Wildman–Crippen MR) is 128 cm³/mol. The van der Waals surface area contributed by atoms with Crippen LogP contribution in [0.4, 0.5) is 0 Å². The molecule has 5 heteroatoms. The molecule has 4 rings (SSSR count). The number of fused-ring (bicyclic) bond motifs is 1. The van der Waals surface area contributed by atoms with Crippen LogP contribution in [0.2, 0.25) is 10.0 Å². The number of nitrogens with one attached hydrogen (secondary N) is 1. The molecule has 29 heavy (non-hydrogen) atoms. The molecule has 1 fully saturated rings. The molecular formula is C24H29Cl3N2. The Labute approximate surface area is 190 Å². The standard InChI is InChI=1S/C24H28Cl2N2.ClH/c25-20-13-12-18(23(26)14-20)16-28-17-19(22-10-6-7-11-24(22)28)15-27-21-8-4-2-1-3-5-9-21;/h6-7,10-14,17,21,27H,1-5,8-9,15-16H2;1H. The minimum absolute atomic E-state index is 0. The summed E-state index contributed by atoms with van der Waals surface area (Å²) in [4.78, 5) is 0. The van der Waals surface area contributed by atoms with Crippen molar-refractivity contribution in [3.63, 3.8) is 0 Å². The van der Waals surface area contributed by atoms with Gasteiger partial charge in [-0.15, -0.1) is 12.4 Å². The van der Waals surface area contributed by atoms with Crippen molar-refractivity contribution in [1.82, 2.24) is 9.88 Å². The van der Waals surface area contributed by atoms with E-state index in [4.69, 9.17) is 23.2 Å². The molecule has 156 valence electrons. The van der Waals surface area contributed by atoms with E-state index in [1.165, 1.54) is 61.4 Å². The quantitative estimate of drug-likeness (QED) is 0.422. The average molecular weight is 452 g/mol. The van der Waals surface area contributed by atoms with Crippen molar-refractivity contribution in [3.05, 3.63) is 69.8 Å². The third-order valence-corrected chi connectivity index (χ3v) is 6.50. The van der Waals surface area contributed by atoms with Gasteiger partial charge in [0.25, 0.3) is 0 Å². The summed E-state index contributed by atoms with van der Waals surface area (Å²) >= 11 is 12.5. The second kappa shape index (κ2) is 10.7. The lowest BCUT2D eigenvalue weighted by Crippen LogP contribution is -2.29. The normalized spacial score (nSPS) is 15.7. The Hall–Kier alpha value is -1.19. The lowest BCUT2D eigenvalue weighted by molar-refractivity contribution is 0.389. The van der Waals surface area contributed by atoms with Crippen LogP contribution in [-0.2, 0) is 13.1 Å². The van der Waals surface area contributed by atoms with Gasteiger partial charge in [-0.25, -0.2) is 0 Å². The fourth-order valence-electron chi connectivity index (χ4n) is 4.34. The maximum Gasteiger partial charge on any atom is 0.0491 e. The topological polar surface area (TPSA) is 17.0 Å². The summed E-state index contributed by atoms with van der Waals surface area (Å²) in [5, 5.41) is 6.56. The highest BCUT2D eigenvalue weighted by Crippen LogP contribution is 2.26. The molecule has 0 saturated heterocycles. The molecule has 0 bridgehead atoms. The van der Waals surface area contributed by atoms with Gasteiger partial charge in [0.15, 0.2) is 0 Å². The molecule has 0 atom stereocenters. The highest BCUT2D eigenvalue weighted by molar-refractivity contribution is 6.35. The summed E-state index contributed by atoms with van der Waals surface area (Å²) in [6, 6.07) is 15.0. The molecule has 1 aromatic heterocycles. The first kappa shape index (κ1) is 22.5. The molecule has 0 aliphatic heterocycles. The van der Waals surface area contributed by atoms with E-state index in [0.29, 0.717) is 11.1 Å². The highest BCUT2D eigenvalue weighted by Gasteiger charge is 2.14. The Morgan fingerprint density at radius 2 is 1.62 bits per heavy atom. The number of aromatic nitrogens is 1. The van der Waals surface area contributed by atoms with Gasteiger partial charge >= 0.3 is 0 Å². The Kier molecular flexibility index (Phi) is 8.32. The summed E-state index contributed by atoms with van der Waals surface area (Å²) in [7, 11) is 0. The number of halogens is 3. The van der Waals surface area contributed by atoms with E-state index in [1.807, 2.05) is 18.2 Å². The molecule has 0 radical (unpaired) electrons. The minimum atomic E-state index is 0. The molecule has 1 aliphatic rings. The smallest absolute Gasteiger partial charge is 0.0491 e. The summed E-state index contributed by atoms with van der Waals surface area (Å²) in [5.74, 6) is 0. The van der Waals surface area contributed by atoms with Crippen LogP contribution >= 0.6 is 35.6 Å². The number of nitrogens with zero attached hydrogens (tertiary/aromatic N) is 1.